The molecule has 5 heteroatoms. The van der Waals surface area contributed by atoms with Gasteiger partial charge in [-0.15, -0.1) is 0 Å². The molecule has 1 aromatic heterocycles. The van der Waals surface area contributed by atoms with Crippen molar-refractivity contribution in [3.05, 3.63) is 11.3 Å². The van der Waals surface area contributed by atoms with Crippen LogP contribution in [0.1, 0.15) is 24.6 Å². The van der Waals surface area contributed by atoms with Gasteiger partial charge in [0.15, 0.2) is 0 Å². The van der Waals surface area contributed by atoms with E-state index in [1.807, 2.05) is 13.0 Å². The van der Waals surface area contributed by atoms with Gasteiger partial charge in [0.2, 0.25) is 0 Å². The molecule has 14 heavy (non-hydrogen) atoms. The van der Waals surface area contributed by atoms with Gasteiger partial charge in [0.05, 0.1) is 18.8 Å². The quantitative estimate of drug-likeness (QED) is 0.720. The predicted octanol–water partition coefficient (Wildman–Crippen LogP) is 0.282. The average molecular weight is 194 g/mol. The Hall–Kier alpha value is -1.54. The Balaban J connectivity index is 3.06. The van der Waals surface area contributed by atoms with E-state index in [0.29, 0.717) is 17.9 Å². The van der Waals surface area contributed by atoms with Crippen molar-refractivity contribution >= 4 is 5.82 Å². The van der Waals surface area contributed by atoms with Gasteiger partial charge < -0.3 is 10.8 Å². The zero-order valence-electron chi connectivity index (χ0n) is 8.19. The van der Waals surface area contributed by atoms with Crippen LogP contribution in [0.5, 0.6) is 0 Å². The normalized spacial score (nSPS) is 10.1. The summed E-state index contributed by atoms with van der Waals surface area (Å²) in [5.41, 5.74) is 6.87. The first-order valence-electron chi connectivity index (χ1n) is 4.60. The van der Waals surface area contributed by atoms with E-state index in [4.69, 9.17) is 16.1 Å². The lowest BCUT2D eigenvalue weighted by Crippen LogP contribution is -2.07. The molecule has 0 saturated heterocycles. The Kier molecular flexibility index (Phi) is 3.48. The van der Waals surface area contributed by atoms with Crippen molar-refractivity contribution in [1.82, 2.24) is 9.78 Å². The monoisotopic (exact) mass is 194 g/mol. The number of aromatic nitrogens is 2. The first-order valence-corrected chi connectivity index (χ1v) is 4.60. The molecular formula is C9H14N4O. The molecule has 0 radical (unpaired) electrons. The fourth-order valence-electron chi connectivity index (χ4n) is 1.33. The molecule has 0 amide bonds. The molecule has 0 fully saturated rings. The Morgan fingerprint density at radius 2 is 2.36 bits per heavy atom. The lowest BCUT2D eigenvalue weighted by Gasteiger charge is -1.98. The number of nitrogens with zero attached hydrogens (tertiary/aromatic N) is 3. The zero-order valence-corrected chi connectivity index (χ0v) is 8.19. The largest absolute Gasteiger partial charge is 0.394 e. The maximum atomic E-state index is 8.86. The second kappa shape index (κ2) is 4.63. The fraction of sp³-hybridized carbons (Fsp3) is 0.556. The standard InChI is InChI=1S/C9H14N4O/c1-2-3-8-7(6-10)9(11)13(12-8)4-5-14/h14H,2-5,11H2,1H3. The third-order valence-electron chi connectivity index (χ3n) is 1.97. The van der Waals surface area contributed by atoms with Crippen LogP contribution in [0.4, 0.5) is 5.82 Å². The molecule has 0 bridgehead atoms. The second-order valence-corrected chi connectivity index (χ2v) is 3.02. The van der Waals surface area contributed by atoms with Gasteiger partial charge in [-0.25, -0.2) is 4.68 Å². The molecule has 0 atom stereocenters. The molecule has 0 unspecified atom stereocenters. The van der Waals surface area contributed by atoms with Crippen LogP contribution in [0.3, 0.4) is 0 Å². The van der Waals surface area contributed by atoms with Crippen molar-refractivity contribution < 1.29 is 5.11 Å². The van der Waals surface area contributed by atoms with Gasteiger partial charge in [0.25, 0.3) is 0 Å². The Morgan fingerprint density at radius 1 is 1.64 bits per heavy atom. The summed E-state index contributed by atoms with van der Waals surface area (Å²) in [5.74, 6) is 0.352. The maximum Gasteiger partial charge on any atom is 0.140 e. The van der Waals surface area contributed by atoms with Crippen molar-refractivity contribution in [3.63, 3.8) is 0 Å². The minimum Gasteiger partial charge on any atom is -0.394 e. The van der Waals surface area contributed by atoms with Crippen LogP contribution in [0, 0.1) is 11.3 Å². The van der Waals surface area contributed by atoms with Crippen LogP contribution in [-0.4, -0.2) is 21.5 Å². The highest BCUT2D eigenvalue weighted by Gasteiger charge is 2.13. The average Bonchev–Trinajstić information content (AvgIpc) is 2.45. The van der Waals surface area contributed by atoms with Crippen LogP contribution in [-0.2, 0) is 13.0 Å². The minimum absolute atomic E-state index is 0.0255. The first kappa shape index (κ1) is 10.5. The van der Waals surface area contributed by atoms with Gasteiger partial charge in [0, 0.05) is 0 Å². The van der Waals surface area contributed by atoms with Crippen LogP contribution in [0.2, 0.25) is 0 Å². The van der Waals surface area contributed by atoms with E-state index in [2.05, 4.69) is 5.10 Å². The van der Waals surface area contributed by atoms with E-state index in [0.717, 1.165) is 18.5 Å². The molecule has 0 aliphatic rings. The van der Waals surface area contributed by atoms with Crippen LogP contribution in [0.25, 0.3) is 0 Å². The van der Waals surface area contributed by atoms with Gasteiger partial charge in [-0.05, 0) is 6.42 Å². The third kappa shape index (κ3) is 1.86. The SMILES string of the molecule is CCCc1nn(CCO)c(N)c1C#N. The molecule has 0 aliphatic heterocycles. The predicted molar refractivity (Wildman–Crippen MR) is 52.4 cm³/mol. The third-order valence-corrected chi connectivity index (χ3v) is 1.97. The van der Waals surface area contributed by atoms with E-state index >= 15 is 0 Å². The summed E-state index contributed by atoms with van der Waals surface area (Å²) in [4.78, 5) is 0. The number of nitriles is 1. The van der Waals surface area contributed by atoms with E-state index in [-0.39, 0.29) is 6.61 Å². The molecule has 0 aromatic carbocycles. The topological polar surface area (TPSA) is 87.9 Å². The number of aryl methyl sites for hydroxylation is 1. The summed E-state index contributed by atoms with van der Waals surface area (Å²) in [7, 11) is 0. The number of anilines is 1. The van der Waals surface area contributed by atoms with Crippen LogP contribution >= 0.6 is 0 Å². The van der Waals surface area contributed by atoms with Crippen LogP contribution < -0.4 is 5.73 Å². The van der Waals surface area contributed by atoms with E-state index < -0.39 is 0 Å². The lowest BCUT2D eigenvalue weighted by atomic mass is 10.2. The molecule has 0 aliphatic carbocycles. The highest BCUT2D eigenvalue weighted by Crippen LogP contribution is 2.16. The van der Waals surface area contributed by atoms with Gasteiger partial charge in [-0.3, -0.25) is 0 Å². The first-order chi connectivity index (χ1) is 6.74. The Bertz CT molecular complexity index is 350. The Labute approximate surface area is 82.8 Å². The Morgan fingerprint density at radius 3 is 2.86 bits per heavy atom. The summed E-state index contributed by atoms with van der Waals surface area (Å²) >= 11 is 0. The second-order valence-electron chi connectivity index (χ2n) is 3.02. The van der Waals surface area contributed by atoms with Gasteiger partial charge >= 0.3 is 0 Å². The molecule has 0 spiro atoms. The zero-order chi connectivity index (χ0) is 10.6. The number of rotatable bonds is 4. The molecule has 76 valence electrons. The summed E-state index contributed by atoms with van der Waals surface area (Å²) in [5, 5.41) is 21.8. The number of hydrogen-bond acceptors (Lipinski definition) is 4. The van der Waals surface area contributed by atoms with E-state index in [9.17, 15) is 0 Å². The molecule has 1 rings (SSSR count). The minimum atomic E-state index is -0.0255. The summed E-state index contributed by atoms with van der Waals surface area (Å²) in [6.07, 6.45) is 1.66. The van der Waals surface area contributed by atoms with E-state index in [1.54, 1.807) is 0 Å². The highest BCUT2D eigenvalue weighted by molar-refractivity contribution is 5.52. The summed E-state index contributed by atoms with van der Waals surface area (Å²) in [6.45, 7) is 2.33. The smallest absolute Gasteiger partial charge is 0.140 e. The molecule has 1 heterocycles. The highest BCUT2D eigenvalue weighted by atomic mass is 16.3. The summed E-state index contributed by atoms with van der Waals surface area (Å²) < 4.78 is 1.48. The molecule has 3 N–H and O–H groups in total. The van der Waals surface area contributed by atoms with Gasteiger partial charge in [0.1, 0.15) is 17.5 Å². The van der Waals surface area contributed by atoms with Gasteiger partial charge in [-0.1, -0.05) is 13.3 Å². The summed E-state index contributed by atoms with van der Waals surface area (Å²) in [6, 6.07) is 2.04. The molecular weight excluding hydrogens is 180 g/mol. The van der Waals surface area contributed by atoms with Crippen molar-refractivity contribution in [2.45, 2.75) is 26.3 Å². The van der Waals surface area contributed by atoms with Crippen molar-refractivity contribution in [2.24, 2.45) is 0 Å². The van der Waals surface area contributed by atoms with Crippen molar-refractivity contribution in [3.8, 4) is 6.07 Å². The number of aliphatic hydroxyl groups is 1. The molecule has 0 saturated carbocycles. The lowest BCUT2D eigenvalue weighted by molar-refractivity contribution is 0.270. The number of aliphatic hydroxyl groups excluding tert-OH is 1. The number of hydrogen-bond donors (Lipinski definition) is 2. The fourth-order valence-corrected chi connectivity index (χ4v) is 1.33. The maximum absolute atomic E-state index is 8.86. The number of nitrogens with two attached hydrogens (primary N) is 1. The van der Waals surface area contributed by atoms with Crippen LogP contribution in [0.15, 0.2) is 0 Å². The number of nitrogen functional groups attached to an aromatic ring is 1. The van der Waals surface area contributed by atoms with Crippen molar-refractivity contribution in [1.29, 1.82) is 5.26 Å². The molecule has 5 nitrogen and oxygen atoms in total. The van der Waals surface area contributed by atoms with E-state index in [1.165, 1.54) is 4.68 Å². The van der Waals surface area contributed by atoms with Crippen molar-refractivity contribution in [2.75, 3.05) is 12.3 Å². The molecule has 1 aromatic rings. The van der Waals surface area contributed by atoms with Gasteiger partial charge in [-0.2, -0.15) is 10.4 Å².